The van der Waals surface area contributed by atoms with Gasteiger partial charge in [0.1, 0.15) is 10.6 Å². The highest BCUT2D eigenvalue weighted by Crippen LogP contribution is 2.24. The van der Waals surface area contributed by atoms with Crippen molar-refractivity contribution in [1.29, 1.82) is 0 Å². The lowest BCUT2D eigenvalue weighted by atomic mass is 10.1. The maximum absolute atomic E-state index is 12.2. The smallest absolute Gasteiger partial charge is 0.265 e. The standard InChI is InChI=1S/C14H17N3O2S/c1-9-4-6-11(7-5-9)12-13(20-17-16-12)14(18)15-10(2)8-19-3/h4-7,10H,8H2,1-3H3,(H,15,18)/t10-/m1/s1. The largest absolute Gasteiger partial charge is 0.383 e. The summed E-state index contributed by atoms with van der Waals surface area (Å²) in [7, 11) is 1.61. The average molecular weight is 291 g/mol. The highest BCUT2D eigenvalue weighted by Gasteiger charge is 2.19. The molecule has 0 bridgehead atoms. The fourth-order valence-corrected chi connectivity index (χ4v) is 2.41. The number of ether oxygens (including phenoxy) is 1. The zero-order valence-electron chi connectivity index (χ0n) is 11.7. The van der Waals surface area contributed by atoms with Crippen LogP contribution in [0.1, 0.15) is 22.2 Å². The van der Waals surface area contributed by atoms with Crippen molar-refractivity contribution in [3.8, 4) is 11.3 Å². The number of rotatable bonds is 5. The third-order valence-corrected chi connectivity index (χ3v) is 3.54. The van der Waals surface area contributed by atoms with Gasteiger partial charge in [0, 0.05) is 18.7 Å². The second-order valence-corrected chi connectivity index (χ2v) is 5.40. The molecule has 1 aromatic heterocycles. The van der Waals surface area contributed by atoms with Gasteiger partial charge in [-0.2, -0.15) is 0 Å². The van der Waals surface area contributed by atoms with Crippen LogP contribution in [0.4, 0.5) is 0 Å². The van der Waals surface area contributed by atoms with E-state index in [9.17, 15) is 4.79 Å². The van der Waals surface area contributed by atoms with Gasteiger partial charge in [-0.3, -0.25) is 4.79 Å². The van der Waals surface area contributed by atoms with E-state index < -0.39 is 0 Å². The van der Waals surface area contributed by atoms with Gasteiger partial charge in [0.05, 0.1) is 6.61 Å². The predicted octanol–water partition coefficient (Wildman–Crippen LogP) is 2.28. The maximum atomic E-state index is 12.2. The molecule has 0 radical (unpaired) electrons. The van der Waals surface area contributed by atoms with Crippen molar-refractivity contribution in [3.05, 3.63) is 34.7 Å². The number of nitrogens with one attached hydrogen (secondary N) is 1. The molecule has 1 N–H and O–H groups in total. The van der Waals surface area contributed by atoms with Crippen molar-refractivity contribution in [2.75, 3.05) is 13.7 Å². The molecule has 1 aromatic carbocycles. The van der Waals surface area contributed by atoms with E-state index in [0.29, 0.717) is 17.2 Å². The van der Waals surface area contributed by atoms with Gasteiger partial charge < -0.3 is 10.1 Å². The molecular weight excluding hydrogens is 274 g/mol. The molecule has 0 spiro atoms. The summed E-state index contributed by atoms with van der Waals surface area (Å²) < 4.78 is 8.90. The molecule has 0 saturated heterocycles. The first-order valence-corrected chi connectivity index (χ1v) is 7.08. The van der Waals surface area contributed by atoms with Gasteiger partial charge in [0.2, 0.25) is 0 Å². The van der Waals surface area contributed by atoms with Crippen molar-refractivity contribution in [3.63, 3.8) is 0 Å². The van der Waals surface area contributed by atoms with Gasteiger partial charge in [-0.1, -0.05) is 34.3 Å². The summed E-state index contributed by atoms with van der Waals surface area (Å²) in [6.07, 6.45) is 0. The van der Waals surface area contributed by atoms with Gasteiger partial charge in [0.15, 0.2) is 0 Å². The van der Waals surface area contributed by atoms with Crippen LogP contribution in [-0.2, 0) is 4.74 Å². The number of aromatic nitrogens is 2. The van der Waals surface area contributed by atoms with Gasteiger partial charge in [0.25, 0.3) is 5.91 Å². The SMILES string of the molecule is COC[C@@H](C)NC(=O)c1snnc1-c1ccc(C)cc1. The van der Waals surface area contributed by atoms with Crippen molar-refractivity contribution in [2.45, 2.75) is 19.9 Å². The molecule has 2 aromatic rings. The Kier molecular flexibility index (Phi) is 4.81. The molecule has 20 heavy (non-hydrogen) atoms. The molecule has 1 heterocycles. The summed E-state index contributed by atoms with van der Waals surface area (Å²) >= 11 is 1.10. The van der Waals surface area contributed by atoms with E-state index in [1.807, 2.05) is 38.1 Å². The maximum Gasteiger partial charge on any atom is 0.265 e. The quantitative estimate of drug-likeness (QED) is 0.918. The first-order valence-electron chi connectivity index (χ1n) is 6.31. The minimum absolute atomic E-state index is 0.0551. The Labute approximate surface area is 122 Å². The zero-order chi connectivity index (χ0) is 14.5. The second kappa shape index (κ2) is 6.58. The number of carbonyl (C=O) groups excluding carboxylic acids is 1. The van der Waals surface area contributed by atoms with Crippen molar-refractivity contribution in [2.24, 2.45) is 0 Å². The van der Waals surface area contributed by atoms with Gasteiger partial charge in [-0.15, -0.1) is 5.10 Å². The second-order valence-electron chi connectivity index (χ2n) is 4.65. The van der Waals surface area contributed by atoms with Crippen molar-refractivity contribution >= 4 is 17.4 Å². The summed E-state index contributed by atoms with van der Waals surface area (Å²) in [6.45, 7) is 4.38. The van der Waals surface area contributed by atoms with Crippen molar-refractivity contribution in [1.82, 2.24) is 14.9 Å². The number of amides is 1. The third kappa shape index (κ3) is 3.40. The van der Waals surface area contributed by atoms with E-state index in [1.54, 1.807) is 7.11 Å². The van der Waals surface area contributed by atoms with Crippen LogP contribution in [0.3, 0.4) is 0 Å². The number of hydrogen-bond acceptors (Lipinski definition) is 5. The molecule has 0 aliphatic heterocycles. The molecule has 6 heteroatoms. The molecular formula is C14H17N3O2S. The predicted molar refractivity (Wildman–Crippen MR) is 78.9 cm³/mol. The van der Waals surface area contributed by atoms with Gasteiger partial charge in [-0.05, 0) is 25.4 Å². The molecule has 1 atom stereocenters. The number of hydrogen-bond donors (Lipinski definition) is 1. The fraction of sp³-hybridized carbons (Fsp3) is 0.357. The lowest BCUT2D eigenvalue weighted by Crippen LogP contribution is -2.35. The van der Waals surface area contributed by atoms with Gasteiger partial charge in [-0.25, -0.2) is 0 Å². The number of benzene rings is 1. The monoisotopic (exact) mass is 291 g/mol. The number of nitrogens with zero attached hydrogens (tertiary/aromatic N) is 2. The molecule has 0 unspecified atom stereocenters. The van der Waals surface area contributed by atoms with Crippen LogP contribution in [0.2, 0.25) is 0 Å². The first-order chi connectivity index (χ1) is 9.61. The van der Waals surface area contributed by atoms with E-state index in [-0.39, 0.29) is 11.9 Å². The zero-order valence-corrected chi connectivity index (χ0v) is 12.5. The Balaban J connectivity index is 2.20. The highest BCUT2D eigenvalue weighted by molar-refractivity contribution is 7.08. The molecule has 0 aliphatic rings. The number of aryl methyl sites for hydroxylation is 1. The van der Waals surface area contributed by atoms with Crippen molar-refractivity contribution < 1.29 is 9.53 Å². The Bertz CT molecular complexity index is 580. The Hall–Kier alpha value is -1.79. The lowest BCUT2D eigenvalue weighted by molar-refractivity contribution is 0.0910. The van der Waals surface area contributed by atoms with Crippen LogP contribution in [0.5, 0.6) is 0 Å². The summed E-state index contributed by atoms with van der Waals surface area (Å²) in [6, 6.07) is 7.82. The molecule has 0 saturated carbocycles. The Morgan fingerprint density at radius 3 is 2.75 bits per heavy atom. The Morgan fingerprint density at radius 1 is 1.40 bits per heavy atom. The summed E-state index contributed by atoms with van der Waals surface area (Å²) in [5, 5.41) is 6.94. The Morgan fingerprint density at radius 2 is 2.10 bits per heavy atom. The summed E-state index contributed by atoms with van der Waals surface area (Å²) in [5.41, 5.74) is 2.68. The minimum atomic E-state index is -0.167. The van der Waals surface area contributed by atoms with Crippen LogP contribution in [-0.4, -0.2) is 35.3 Å². The van der Waals surface area contributed by atoms with Crippen LogP contribution >= 0.6 is 11.5 Å². The van der Waals surface area contributed by atoms with Gasteiger partial charge >= 0.3 is 0 Å². The van der Waals surface area contributed by atoms with E-state index in [1.165, 1.54) is 0 Å². The summed E-state index contributed by atoms with van der Waals surface area (Å²) in [5.74, 6) is -0.167. The first kappa shape index (κ1) is 14.6. The van der Waals surface area contributed by atoms with Crippen LogP contribution in [0.25, 0.3) is 11.3 Å². The molecule has 2 rings (SSSR count). The topological polar surface area (TPSA) is 64.1 Å². The molecule has 5 nitrogen and oxygen atoms in total. The highest BCUT2D eigenvalue weighted by atomic mass is 32.1. The molecule has 106 valence electrons. The number of carbonyl (C=O) groups is 1. The molecule has 1 amide bonds. The van der Waals surface area contributed by atoms with Crippen LogP contribution in [0.15, 0.2) is 24.3 Å². The fourth-order valence-electron chi connectivity index (χ4n) is 1.82. The molecule has 0 aliphatic carbocycles. The molecule has 0 fully saturated rings. The van der Waals surface area contributed by atoms with E-state index >= 15 is 0 Å². The van der Waals surface area contributed by atoms with E-state index in [2.05, 4.69) is 14.9 Å². The van der Waals surface area contributed by atoms with Crippen LogP contribution in [0, 0.1) is 6.92 Å². The lowest BCUT2D eigenvalue weighted by Gasteiger charge is -2.12. The number of methoxy groups -OCH3 is 1. The third-order valence-electron chi connectivity index (χ3n) is 2.81. The average Bonchev–Trinajstić information content (AvgIpc) is 2.89. The van der Waals surface area contributed by atoms with E-state index in [4.69, 9.17) is 4.74 Å². The summed E-state index contributed by atoms with van der Waals surface area (Å²) in [4.78, 5) is 12.7. The normalized spacial score (nSPS) is 12.2. The van der Waals surface area contributed by atoms with Crippen LogP contribution < -0.4 is 5.32 Å². The van der Waals surface area contributed by atoms with E-state index in [0.717, 1.165) is 22.7 Å². The minimum Gasteiger partial charge on any atom is -0.383 e.